The summed E-state index contributed by atoms with van der Waals surface area (Å²) in [7, 11) is 0. The Labute approximate surface area is 86.1 Å². The van der Waals surface area contributed by atoms with Crippen molar-refractivity contribution in [1.82, 2.24) is 0 Å². The van der Waals surface area contributed by atoms with Gasteiger partial charge >= 0.3 is 0 Å². The standard InChI is InChI=1S/C12H19NO/c1-2-14-12(8-9-13)10-11-6-4-3-5-7-11/h3-7,12H,2,8-10,13H2,1H3. The van der Waals surface area contributed by atoms with Crippen molar-refractivity contribution >= 4 is 0 Å². The van der Waals surface area contributed by atoms with Gasteiger partial charge in [0.15, 0.2) is 0 Å². The zero-order valence-electron chi connectivity index (χ0n) is 8.78. The average molecular weight is 193 g/mol. The van der Waals surface area contributed by atoms with Gasteiger partial charge in [0, 0.05) is 6.61 Å². The van der Waals surface area contributed by atoms with Gasteiger partial charge in [-0.2, -0.15) is 0 Å². The molecule has 0 spiro atoms. The average Bonchev–Trinajstić information content (AvgIpc) is 2.20. The summed E-state index contributed by atoms with van der Waals surface area (Å²) >= 11 is 0. The van der Waals surface area contributed by atoms with Crippen LogP contribution in [-0.2, 0) is 11.2 Å². The van der Waals surface area contributed by atoms with Gasteiger partial charge in [-0.25, -0.2) is 0 Å². The summed E-state index contributed by atoms with van der Waals surface area (Å²) in [6.07, 6.45) is 2.17. The minimum Gasteiger partial charge on any atom is -0.378 e. The minimum absolute atomic E-state index is 0.271. The summed E-state index contributed by atoms with van der Waals surface area (Å²) in [6.45, 7) is 3.48. The molecular formula is C12H19NO. The van der Waals surface area contributed by atoms with E-state index in [4.69, 9.17) is 10.5 Å². The van der Waals surface area contributed by atoms with E-state index in [2.05, 4.69) is 24.3 Å². The highest BCUT2D eigenvalue weighted by molar-refractivity contribution is 5.15. The molecule has 2 nitrogen and oxygen atoms in total. The molecule has 0 amide bonds. The molecule has 0 aliphatic carbocycles. The van der Waals surface area contributed by atoms with Gasteiger partial charge in [-0.1, -0.05) is 30.3 Å². The Morgan fingerprint density at radius 2 is 2.00 bits per heavy atom. The van der Waals surface area contributed by atoms with Gasteiger partial charge in [0.2, 0.25) is 0 Å². The molecule has 2 N–H and O–H groups in total. The Hall–Kier alpha value is -0.860. The second kappa shape index (κ2) is 6.57. The molecule has 1 aromatic rings. The van der Waals surface area contributed by atoms with Crippen molar-refractivity contribution in [3.8, 4) is 0 Å². The van der Waals surface area contributed by atoms with Gasteiger partial charge < -0.3 is 10.5 Å². The van der Waals surface area contributed by atoms with Crippen LogP contribution in [0.3, 0.4) is 0 Å². The Bertz CT molecular complexity index is 229. The van der Waals surface area contributed by atoms with E-state index in [-0.39, 0.29) is 6.10 Å². The van der Waals surface area contributed by atoms with Crippen molar-refractivity contribution in [1.29, 1.82) is 0 Å². The third-order valence-corrected chi connectivity index (χ3v) is 2.20. The molecule has 0 fully saturated rings. The summed E-state index contributed by atoms with van der Waals surface area (Å²) in [6, 6.07) is 10.4. The van der Waals surface area contributed by atoms with E-state index in [1.54, 1.807) is 0 Å². The highest BCUT2D eigenvalue weighted by atomic mass is 16.5. The van der Waals surface area contributed by atoms with Crippen molar-refractivity contribution in [2.75, 3.05) is 13.2 Å². The number of nitrogens with two attached hydrogens (primary N) is 1. The molecule has 0 aromatic heterocycles. The van der Waals surface area contributed by atoms with Gasteiger partial charge in [0.05, 0.1) is 6.10 Å². The van der Waals surface area contributed by atoms with Crippen molar-refractivity contribution < 1.29 is 4.74 Å². The van der Waals surface area contributed by atoms with Gasteiger partial charge in [-0.05, 0) is 31.9 Å². The summed E-state index contributed by atoms with van der Waals surface area (Å²) in [5.41, 5.74) is 6.85. The third kappa shape index (κ3) is 3.90. The van der Waals surface area contributed by atoms with Crippen LogP contribution in [-0.4, -0.2) is 19.3 Å². The highest BCUT2D eigenvalue weighted by Gasteiger charge is 2.07. The quantitative estimate of drug-likeness (QED) is 0.749. The van der Waals surface area contributed by atoms with E-state index in [0.717, 1.165) is 19.4 Å². The van der Waals surface area contributed by atoms with Crippen LogP contribution in [0.25, 0.3) is 0 Å². The maximum atomic E-state index is 5.61. The fraction of sp³-hybridized carbons (Fsp3) is 0.500. The molecule has 1 unspecified atom stereocenters. The minimum atomic E-state index is 0.271. The van der Waals surface area contributed by atoms with Crippen LogP contribution >= 0.6 is 0 Å². The maximum absolute atomic E-state index is 5.61. The second-order valence-corrected chi connectivity index (χ2v) is 3.34. The van der Waals surface area contributed by atoms with E-state index in [1.165, 1.54) is 5.56 Å². The van der Waals surface area contributed by atoms with Crippen LogP contribution in [0.15, 0.2) is 30.3 Å². The first-order valence-electron chi connectivity index (χ1n) is 5.22. The van der Waals surface area contributed by atoms with Crippen molar-refractivity contribution in [3.63, 3.8) is 0 Å². The predicted molar refractivity (Wildman–Crippen MR) is 59.2 cm³/mol. The van der Waals surface area contributed by atoms with Crippen LogP contribution in [0.4, 0.5) is 0 Å². The fourth-order valence-electron chi connectivity index (χ4n) is 1.54. The molecule has 14 heavy (non-hydrogen) atoms. The molecule has 0 bridgehead atoms. The molecule has 1 aromatic carbocycles. The molecule has 0 aliphatic rings. The number of hydrogen-bond acceptors (Lipinski definition) is 2. The van der Waals surface area contributed by atoms with Gasteiger partial charge in [0.1, 0.15) is 0 Å². The first-order valence-corrected chi connectivity index (χ1v) is 5.22. The molecule has 0 aliphatic heterocycles. The predicted octanol–water partition coefficient (Wildman–Crippen LogP) is 1.98. The number of benzene rings is 1. The van der Waals surface area contributed by atoms with E-state index >= 15 is 0 Å². The largest absolute Gasteiger partial charge is 0.378 e. The third-order valence-electron chi connectivity index (χ3n) is 2.20. The van der Waals surface area contributed by atoms with Crippen molar-refractivity contribution in [3.05, 3.63) is 35.9 Å². The van der Waals surface area contributed by atoms with Gasteiger partial charge in [-0.15, -0.1) is 0 Å². The van der Waals surface area contributed by atoms with E-state index in [9.17, 15) is 0 Å². The summed E-state index contributed by atoms with van der Waals surface area (Å²) in [4.78, 5) is 0. The topological polar surface area (TPSA) is 35.2 Å². The SMILES string of the molecule is CCOC(CCN)Cc1ccccc1. The van der Waals surface area contributed by atoms with Crippen LogP contribution in [0.5, 0.6) is 0 Å². The van der Waals surface area contributed by atoms with Gasteiger partial charge in [-0.3, -0.25) is 0 Å². The fourth-order valence-corrected chi connectivity index (χ4v) is 1.54. The molecule has 1 rings (SSSR count). The van der Waals surface area contributed by atoms with Gasteiger partial charge in [0.25, 0.3) is 0 Å². The Kier molecular flexibility index (Phi) is 5.27. The molecular weight excluding hydrogens is 174 g/mol. The van der Waals surface area contributed by atoms with Crippen LogP contribution in [0, 0.1) is 0 Å². The molecule has 2 heteroatoms. The normalized spacial score (nSPS) is 12.7. The Morgan fingerprint density at radius 3 is 2.57 bits per heavy atom. The smallest absolute Gasteiger partial charge is 0.0627 e. The summed E-state index contributed by atoms with van der Waals surface area (Å²) in [5, 5.41) is 0. The summed E-state index contributed by atoms with van der Waals surface area (Å²) < 4.78 is 5.61. The first-order chi connectivity index (χ1) is 6.86. The van der Waals surface area contributed by atoms with E-state index in [0.29, 0.717) is 6.54 Å². The molecule has 0 saturated carbocycles. The van der Waals surface area contributed by atoms with E-state index < -0.39 is 0 Å². The molecule has 0 radical (unpaired) electrons. The first kappa shape index (κ1) is 11.2. The highest BCUT2D eigenvalue weighted by Crippen LogP contribution is 2.08. The Balaban J connectivity index is 2.46. The number of hydrogen-bond donors (Lipinski definition) is 1. The lowest BCUT2D eigenvalue weighted by atomic mass is 10.1. The molecule has 0 heterocycles. The zero-order valence-corrected chi connectivity index (χ0v) is 8.78. The van der Waals surface area contributed by atoms with E-state index in [1.807, 2.05) is 13.0 Å². The zero-order chi connectivity index (χ0) is 10.2. The van der Waals surface area contributed by atoms with Crippen LogP contribution in [0.1, 0.15) is 18.9 Å². The lowest BCUT2D eigenvalue weighted by Gasteiger charge is -2.15. The van der Waals surface area contributed by atoms with Crippen molar-refractivity contribution in [2.45, 2.75) is 25.9 Å². The van der Waals surface area contributed by atoms with Crippen molar-refractivity contribution in [2.24, 2.45) is 5.73 Å². The second-order valence-electron chi connectivity index (χ2n) is 3.34. The van der Waals surface area contributed by atoms with Crippen LogP contribution < -0.4 is 5.73 Å². The Morgan fingerprint density at radius 1 is 1.29 bits per heavy atom. The van der Waals surface area contributed by atoms with Crippen LogP contribution in [0.2, 0.25) is 0 Å². The lowest BCUT2D eigenvalue weighted by Crippen LogP contribution is -2.20. The lowest BCUT2D eigenvalue weighted by molar-refractivity contribution is 0.0589. The number of ether oxygens (including phenoxy) is 1. The maximum Gasteiger partial charge on any atom is 0.0627 e. The molecule has 1 atom stereocenters. The molecule has 78 valence electrons. The summed E-state index contributed by atoms with van der Waals surface area (Å²) in [5.74, 6) is 0. The monoisotopic (exact) mass is 193 g/mol. The molecule has 0 saturated heterocycles. The number of rotatable bonds is 6.